The summed E-state index contributed by atoms with van der Waals surface area (Å²) in [4.78, 5) is 7.79. The van der Waals surface area contributed by atoms with Gasteiger partial charge < -0.3 is 14.2 Å². The lowest BCUT2D eigenvalue weighted by Crippen LogP contribution is -2.32. The van der Waals surface area contributed by atoms with Crippen molar-refractivity contribution >= 4 is 21.7 Å². The predicted molar refractivity (Wildman–Crippen MR) is 138 cm³/mol. The van der Waals surface area contributed by atoms with Gasteiger partial charge >= 0.3 is 0 Å². The van der Waals surface area contributed by atoms with Gasteiger partial charge in [0.1, 0.15) is 0 Å². The molecule has 0 atom stereocenters. The highest BCUT2D eigenvalue weighted by Crippen LogP contribution is 2.44. The molecule has 5 nitrogen and oxygen atoms in total. The van der Waals surface area contributed by atoms with Crippen LogP contribution < -0.4 is 14.2 Å². The topological polar surface area (TPSA) is 43.8 Å². The van der Waals surface area contributed by atoms with Gasteiger partial charge in [-0.15, -0.1) is 0 Å². The maximum atomic E-state index is 5.84. The second kappa shape index (κ2) is 9.51. The van der Waals surface area contributed by atoms with Gasteiger partial charge in [0.2, 0.25) is 5.75 Å². The smallest absolute Gasteiger partial charge is 0.203 e. The van der Waals surface area contributed by atoms with E-state index in [0.717, 1.165) is 49.2 Å². The van der Waals surface area contributed by atoms with E-state index >= 15 is 0 Å². The molecule has 0 saturated heterocycles. The molecular weight excluding hydrogens is 424 g/mol. The van der Waals surface area contributed by atoms with Gasteiger partial charge in [-0.1, -0.05) is 37.3 Å². The van der Waals surface area contributed by atoms with Gasteiger partial charge in [-0.05, 0) is 66.4 Å². The van der Waals surface area contributed by atoms with Crippen molar-refractivity contribution in [2.24, 2.45) is 0 Å². The minimum atomic E-state index is 0.536. The Balaban J connectivity index is 1.79. The fraction of sp³-hybridized carbons (Fsp3) is 0.345. The highest BCUT2D eigenvalue weighted by atomic mass is 16.5. The van der Waals surface area contributed by atoms with Crippen LogP contribution in [0.5, 0.6) is 17.2 Å². The van der Waals surface area contributed by atoms with Crippen LogP contribution >= 0.6 is 0 Å². The van der Waals surface area contributed by atoms with E-state index in [-0.39, 0.29) is 0 Å². The predicted octanol–water partition coefficient (Wildman–Crippen LogP) is 6.24. The van der Waals surface area contributed by atoms with Crippen LogP contribution in [0.1, 0.15) is 31.4 Å². The molecule has 0 radical (unpaired) electrons. The number of rotatable bonds is 7. The van der Waals surface area contributed by atoms with Crippen LogP contribution in [0.15, 0.2) is 48.5 Å². The zero-order valence-electron chi connectivity index (χ0n) is 20.5. The quantitative estimate of drug-likeness (QED) is 0.308. The molecule has 0 aliphatic carbocycles. The summed E-state index contributed by atoms with van der Waals surface area (Å²) in [5, 5.41) is 3.83. The number of nitrogens with zero attached hydrogens (tertiary/aromatic N) is 2. The normalized spacial score (nSPS) is 13.8. The molecule has 1 aliphatic rings. The van der Waals surface area contributed by atoms with Crippen LogP contribution in [0.2, 0.25) is 0 Å². The third-order valence-corrected chi connectivity index (χ3v) is 6.71. The molecule has 0 spiro atoms. The van der Waals surface area contributed by atoms with Crippen LogP contribution in [0, 0.1) is 0 Å². The van der Waals surface area contributed by atoms with Crippen LogP contribution in [-0.4, -0.2) is 43.8 Å². The molecule has 0 amide bonds. The van der Waals surface area contributed by atoms with Gasteiger partial charge in [0, 0.05) is 24.0 Å². The van der Waals surface area contributed by atoms with Crippen molar-refractivity contribution in [1.29, 1.82) is 0 Å². The van der Waals surface area contributed by atoms with Crippen molar-refractivity contribution in [1.82, 2.24) is 9.88 Å². The number of methoxy groups -OCH3 is 2. The van der Waals surface area contributed by atoms with Gasteiger partial charge in [0.15, 0.2) is 11.5 Å². The molecule has 34 heavy (non-hydrogen) atoms. The van der Waals surface area contributed by atoms with Gasteiger partial charge in [-0.2, -0.15) is 0 Å². The Bertz CT molecular complexity index is 1320. The fourth-order valence-corrected chi connectivity index (χ4v) is 5.22. The van der Waals surface area contributed by atoms with Crippen LogP contribution in [0.4, 0.5) is 0 Å². The van der Waals surface area contributed by atoms with Crippen molar-refractivity contribution in [2.75, 3.05) is 33.9 Å². The Hall–Kier alpha value is -3.31. The molecule has 5 rings (SSSR count). The molecular formula is C29H32N2O3. The van der Waals surface area contributed by atoms with E-state index in [9.17, 15) is 0 Å². The SMILES string of the molecule is CCCN1CCc2c(c(-c3cc(OC)c(OCC)c(OC)c3)nc3ccc4ccccc4c23)C1. The summed E-state index contributed by atoms with van der Waals surface area (Å²) in [6.45, 7) is 7.78. The number of fused-ring (bicyclic) bond motifs is 5. The number of aromatic nitrogens is 1. The Morgan fingerprint density at radius 1 is 0.941 bits per heavy atom. The maximum absolute atomic E-state index is 5.84. The first-order valence-corrected chi connectivity index (χ1v) is 12.1. The zero-order valence-corrected chi connectivity index (χ0v) is 20.5. The standard InChI is InChI=1S/C29H32N2O3/c1-5-14-31-15-13-22-23(18-31)28(20-16-25(32-3)29(34-6-2)26(17-20)33-4)30-24-12-11-19-9-7-8-10-21(19)27(22)24/h7-12,16-17H,5-6,13-15,18H2,1-4H3. The van der Waals surface area contributed by atoms with E-state index in [4.69, 9.17) is 19.2 Å². The number of benzene rings is 3. The second-order valence-corrected chi connectivity index (χ2v) is 8.77. The number of hydrogen-bond acceptors (Lipinski definition) is 5. The van der Waals surface area contributed by atoms with E-state index in [1.165, 1.54) is 27.3 Å². The van der Waals surface area contributed by atoms with Crippen molar-refractivity contribution in [2.45, 2.75) is 33.2 Å². The molecule has 0 N–H and O–H groups in total. The van der Waals surface area contributed by atoms with Crippen molar-refractivity contribution in [3.63, 3.8) is 0 Å². The van der Waals surface area contributed by atoms with Crippen molar-refractivity contribution in [3.05, 3.63) is 59.7 Å². The van der Waals surface area contributed by atoms with Crippen LogP contribution in [0.3, 0.4) is 0 Å². The Kier molecular flexibility index (Phi) is 6.29. The van der Waals surface area contributed by atoms with Crippen molar-refractivity contribution < 1.29 is 14.2 Å². The van der Waals surface area contributed by atoms with E-state index in [1.807, 2.05) is 19.1 Å². The average molecular weight is 457 g/mol. The van der Waals surface area contributed by atoms with Crippen LogP contribution in [0.25, 0.3) is 32.9 Å². The lowest BCUT2D eigenvalue weighted by Gasteiger charge is -2.31. The first-order valence-electron chi connectivity index (χ1n) is 12.1. The molecule has 1 aliphatic heterocycles. The molecule has 4 aromatic rings. The molecule has 0 bridgehead atoms. The van der Waals surface area contributed by atoms with Gasteiger partial charge in [0.05, 0.1) is 32.0 Å². The molecule has 0 unspecified atom stereocenters. The summed E-state index contributed by atoms with van der Waals surface area (Å²) in [7, 11) is 3.33. The van der Waals surface area contributed by atoms with Gasteiger partial charge in [-0.3, -0.25) is 4.90 Å². The largest absolute Gasteiger partial charge is 0.493 e. The lowest BCUT2D eigenvalue weighted by molar-refractivity contribution is 0.255. The third-order valence-electron chi connectivity index (χ3n) is 6.71. The van der Waals surface area contributed by atoms with E-state index in [2.05, 4.69) is 48.2 Å². The second-order valence-electron chi connectivity index (χ2n) is 8.77. The number of ether oxygens (including phenoxy) is 3. The monoisotopic (exact) mass is 456 g/mol. The van der Waals surface area contributed by atoms with E-state index in [1.54, 1.807) is 14.2 Å². The molecule has 1 aromatic heterocycles. The molecule has 3 aromatic carbocycles. The minimum Gasteiger partial charge on any atom is -0.493 e. The summed E-state index contributed by atoms with van der Waals surface area (Å²) in [6, 6.07) is 17.0. The first-order chi connectivity index (χ1) is 16.7. The molecule has 5 heteroatoms. The molecule has 0 saturated carbocycles. The summed E-state index contributed by atoms with van der Waals surface area (Å²) >= 11 is 0. The summed E-state index contributed by atoms with van der Waals surface area (Å²) in [6.07, 6.45) is 2.15. The Labute approximate surface area is 201 Å². The van der Waals surface area contributed by atoms with E-state index in [0.29, 0.717) is 23.9 Å². The zero-order chi connectivity index (χ0) is 23.7. The first kappa shape index (κ1) is 22.5. The van der Waals surface area contributed by atoms with Crippen molar-refractivity contribution in [3.8, 4) is 28.5 Å². The molecule has 2 heterocycles. The highest BCUT2D eigenvalue weighted by Gasteiger charge is 2.25. The maximum Gasteiger partial charge on any atom is 0.203 e. The Morgan fingerprint density at radius 2 is 1.71 bits per heavy atom. The summed E-state index contributed by atoms with van der Waals surface area (Å²) in [5.74, 6) is 1.95. The van der Waals surface area contributed by atoms with Gasteiger partial charge in [0.25, 0.3) is 0 Å². The van der Waals surface area contributed by atoms with Crippen LogP contribution in [-0.2, 0) is 13.0 Å². The summed E-state index contributed by atoms with van der Waals surface area (Å²) in [5.41, 5.74) is 5.73. The summed E-state index contributed by atoms with van der Waals surface area (Å²) < 4.78 is 17.3. The minimum absolute atomic E-state index is 0.536. The fourth-order valence-electron chi connectivity index (χ4n) is 5.22. The molecule has 0 fully saturated rings. The van der Waals surface area contributed by atoms with Gasteiger partial charge in [-0.25, -0.2) is 4.98 Å². The molecule has 176 valence electrons. The Morgan fingerprint density at radius 3 is 2.41 bits per heavy atom. The number of pyridine rings is 1. The average Bonchev–Trinajstić information content (AvgIpc) is 2.88. The lowest BCUT2D eigenvalue weighted by atomic mass is 9.89. The van der Waals surface area contributed by atoms with E-state index < -0.39 is 0 Å². The highest BCUT2D eigenvalue weighted by molar-refractivity contribution is 6.09. The number of hydrogen-bond donors (Lipinski definition) is 0. The third kappa shape index (κ3) is 3.84.